The second-order valence-corrected chi connectivity index (χ2v) is 6.26. The predicted molar refractivity (Wildman–Crippen MR) is 79.2 cm³/mol. The van der Waals surface area contributed by atoms with Crippen molar-refractivity contribution in [2.24, 2.45) is 0 Å². The lowest BCUT2D eigenvalue weighted by Crippen LogP contribution is -2.51. The summed E-state index contributed by atoms with van der Waals surface area (Å²) in [5, 5.41) is 0. The maximum Gasteiger partial charge on any atom is 0.157 e. The molecule has 21 heavy (non-hydrogen) atoms. The molecule has 0 radical (unpaired) electrons. The molecule has 2 rings (SSSR count). The fourth-order valence-electron chi connectivity index (χ4n) is 2.88. The number of halogens is 2. The van der Waals surface area contributed by atoms with Crippen LogP contribution >= 0.6 is 0 Å². The molecular formula is C17H23F2NO. The van der Waals surface area contributed by atoms with Gasteiger partial charge in [0.2, 0.25) is 0 Å². The molecule has 1 aliphatic rings. The number of carbonyl (C=O) groups excluding carboxylic acids is 1. The number of hydrogen-bond donors (Lipinski definition) is 0. The highest BCUT2D eigenvalue weighted by molar-refractivity contribution is 5.89. The monoisotopic (exact) mass is 295 g/mol. The standard InChI is InChI=1S/C17H23F2NO/c1-17(2,20-10-5-3-4-6-11-20)16(21)12-13-14(18)8-7-9-15(13)19/h7-9H,3-6,10-12H2,1-2H3. The van der Waals surface area contributed by atoms with Gasteiger partial charge in [0.15, 0.2) is 5.78 Å². The van der Waals surface area contributed by atoms with Gasteiger partial charge < -0.3 is 0 Å². The average molecular weight is 295 g/mol. The van der Waals surface area contributed by atoms with Crippen LogP contribution < -0.4 is 0 Å². The topological polar surface area (TPSA) is 20.3 Å². The highest BCUT2D eigenvalue weighted by Crippen LogP contribution is 2.24. The molecule has 2 nitrogen and oxygen atoms in total. The quantitative estimate of drug-likeness (QED) is 0.843. The minimum absolute atomic E-state index is 0.120. The van der Waals surface area contributed by atoms with Gasteiger partial charge in [-0.25, -0.2) is 8.78 Å². The molecule has 0 aliphatic carbocycles. The van der Waals surface area contributed by atoms with Crippen LogP contribution in [0.15, 0.2) is 18.2 Å². The van der Waals surface area contributed by atoms with Crippen LogP contribution in [0.5, 0.6) is 0 Å². The Morgan fingerprint density at radius 2 is 1.62 bits per heavy atom. The van der Waals surface area contributed by atoms with E-state index in [-0.39, 0.29) is 17.8 Å². The van der Waals surface area contributed by atoms with Crippen molar-refractivity contribution in [1.82, 2.24) is 4.90 Å². The predicted octanol–water partition coefficient (Wildman–Crippen LogP) is 3.73. The SMILES string of the molecule is CC(C)(C(=O)Cc1c(F)cccc1F)N1CCCCCC1. The third-order valence-corrected chi connectivity index (χ3v) is 4.48. The minimum Gasteiger partial charge on any atom is -0.297 e. The Labute approximate surface area is 125 Å². The number of hydrogen-bond acceptors (Lipinski definition) is 2. The van der Waals surface area contributed by atoms with Crippen LogP contribution in [0.1, 0.15) is 45.1 Å². The third kappa shape index (κ3) is 3.67. The molecule has 4 heteroatoms. The van der Waals surface area contributed by atoms with Crippen molar-refractivity contribution in [2.45, 2.75) is 51.5 Å². The third-order valence-electron chi connectivity index (χ3n) is 4.48. The summed E-state index contributed by atoms with van der Waals surface area (Å²) in [7, 11) is 0. The number of benzene rings is 1. The summed E-state index contributed by atoms with van der Waals surface area (Å²) in [5.41, 5.74) is -0.801. The summed E-state index contributed by atoms with van der Waals surface area (Å²) in [6.07, 6.45) is 4.32. The van der Waals surface area contributed by atoms with Crippen molar-refractivity contribution in [2.75, 3.05) is 13.1 Å². The normalized spacial score (nSPS) is 17.5. The molecule has 1 saturated heterocycles. The second-order valence-electron chi connectivity index (χ2n) is 6.26. The highest BCUT2D eigenvalue weighted by Gasteiger charge is 2.35. The molecule has 0 aromatic heterocycles. The van der Waals surface area contributed by atoms with Crippen LogP contribution in [0, 0.1) is 11.6 Å². The van der Waals surface area contributed by atoms with Gasteiger partial charge >= 0.3 is 0 Å². The first-order chi connectivity index (χ1) is 9.93. The van der Waals surface area contributed by atoms with E-state index >= 15 is 0 Å². The number of likely N-dealkylation sites (tertiary alicyclic amines) is 1. The van der Waals surface area contributed by atoms with Crippen LogP contribution in [0.2, 0.25) is 0 Å². The van der Waals surface area contributed by atoms with Crippen molar-refractivity contribution >= 4 is 5.78 Å². The Bertz CT molecular complexity index is 485. The number of carbonyl (C=O) groups is 1. The van der Waals surface area contributed by atoms with Gasteiger partial charge in [0.1, 0.15) is 11.6 Å². The Balaban J connectivity index is 2.14. The zero-order valence-electron chi connectivity index (χ0n) is 12.8. The van der Waals surface area contributed by atoms with E-state index in [4.69, 9.17) is 0 Å². The minimum atomic E-state index is -0.681. The van der Waals surface area contributed by atoms with E-state index in [1.165, 1.54) is 31.0 Å². The van der Waals surface area contributed by atoms with Gasteiger partial charge in [-0.2, -0.15) is 0 Å². The zero-order chi connectivity index (χ0) is 15.5. The molecule has 0 atom stereocenters. The summed E-state index contributed by atoms with van der Waals surface area (Å²) >= 11 is 0. The van der Waals surface area contributed by atoms with Gasteiger partial charge in [-0.3, -0.25) is 9.69 Å². The van der Waals surface area contributed by atoms with Gasteiger partial charge in [-0.05, 0) is 51.9 Å². The van der Waals surface area contributed by atoms with E-state index in [9.17, 15) is 13.6 Å². The lowest BCUT2D eigenvalue weighted by atomic mass is 9.91. The number of Topliss-reactive ketones (excluding diaryl/α,β-unsaturated/α-hetero) is 1. The van der Waals surface area contributed by atoms with E-state index in [0.717, 1.165) is 25.9 Å². The Morgan fingerprint density at radius 1 is 1.10 bits per heavy atom. The number of rotatable bonds is 4. The summed E-state index contributed by atoms with van der Waals surface area (Å²) in [6, 6.07) is 3.72. The first-order valence-corrected chi connectivity index (χ1v) is 7.64. The van der Waals surface area contributed by atoms with E-state index in [1.54, 1.807) is 0 Å². The zero-order valence-corrected chi connectivity index (χ0v) is 12.8. The van der Waals surface area contributed by atoms with E-state index in [1.807, 2.05) is 13.8 Å². The molecular weight excluding hydrogens is 272 g/mol. The lowest BCUT2D eigenvalue weighted by Gasteiger charge is -2.36. The van der Waals surface area contributed by atoms with Crippen LogP contribution in [0.3, 0.4) is 0 Å². The van der Waals surface area contributed by atoms with E-state index < -0.39 is 17.2 Å². The Morgan fingerprint density at radius 3 is 2.14 bits per heavy atom. The maximum absolute atomic E-state index is 13.7. The first kappa shape index (κ1) is 16.1. The Hall–Kier alpha value is -1.29. The molecule has 116 valence electrons. The number of ketones is 1. The molecule has 0 N–H and O–H groups in total. The van der Waals surface area contributed by atoms with Crippen molar-refractivity contribution in [3.8, 4) is 0 Å². The van der Waals surface area contributed by atoms with E-state index in [0.29, 0.717) is 0 Å². The summed E-state index contributed by atoms with van der Waals surface area (Å²) < 4.78 is 27.4. The highest BCUT2D eigenvalue weighted by atomic mass is 19.1. The van der Waals surface area contributed by atoms with Gasteiger partial charge in [-0.15, -0.1) is 0 Å². The molecule has 0 spiro atoms. The van der Waals surface area contributed by atoms with Crippen LogP contribution in [0.4, 0.5) is 8.78 Å². The fourth-order valence-corrected chi connectivity index (χ4v) is 2.88. The van der Waals surface area contributed by atoms with Gasteiger partial charge in [0.05, 0.1) is 5.54 Å². The maximum atomic E-state index is 13.7. The van der Waals surface area contributed by atoms with Crippen molar-refractivity contribution in [1.29, 1.82) is 0 Å². The van der Waals surface area contributed by atoms with Crippen LogP contribution in [-0.2, 0) is 11.2 Å². The molecule has 1 fully saturated rings. The molecule has 1 aromatic carbocycles. The van der Waals surface area contributed by atoms with E-state index in [2.05, 4.69) is 4.90 Å². The van der Waals surface area contributed by atoms with Crippen molar-refractivity contribution in [3.05, 3.63) is 35.4 Å². The van der Waals surface area contributed by atoms with Gasteiger partial charge in [0, 0.05) is 12.0 Å². The molecule has 0 bridgehead atoms. The smallest absolute Gasteiger partial charge is 0.157 e. The van der Waals surface area contributed by atoms with Crippen LogP contribution in [0.25, 0.3) is 0 Å². The first-order valence-electron chi connectivity index (χ1n) is 7.64. The van der Waals surface area contributed by atoms with Crippen molar-refractivity contribution in [3.63, 3.8) is 0 Å². The summed E-state index contributed by atoms with van der Waals surface area (Å²) in [4.78, 5) is 14.7. The lowest BCUT2D eigenvalue weighted by molar-refractivity contribution is -0.128. The van der Waals surface area contributed by atoms with Crippen LogP contribution in [-0.4, -0.2) is 29.3 Å². The molecule has 1 aliphatic heterocycles. The second kappa shape index (κ2) is 6.65. The fraction of sp³-hybridized carbons (Fsp3) is 0.588. The van der Waals surface area contributed by atoms with Gasteiger partial charge in [-0.1, -0.05) is 18.9 Å². The summed E-state index contributed by atoms with van der Waals surface area (Å²) in [5.74, 6) is -1.42. The largest absolute Gasteiger partial charge is 0.297 e. The summed E-state index contributed by atoms with van der Waals surface area (Å²) in [6.45, 7) is 5.47. The average Bonchev–Trinajstić information content (AvgIpc) is 2.72. The van der Waals surface area contributed by atoms with Crippen molar-refractivity contribution < 1.29 is 13.6 Å². The molecule has 1 aromatic rings. The molecule has 0 amide bonds. The molecule has 1 heterocycles. The molecule has 0 saturated carbocycles. The number of nitrogens with zero attached hydrogens (tertiary/aromatic N) is 1. The Kier molecular flexibility index (Phi) is 5.09. The molecule has 0 unspecified atom stereocenters. The van der Waals surface area contributed by atoms with Gasteiger partial charge in [0.25, 0.3) is 0 Å².